The van der Waals surface area contributed by atoms with Gasteiger partial charge >= 0.3 is 6.04 Å². The first-order valence-corrected chi connectivity index (χ1v) is 4.00. The molecule has 0 radical (unpaired) electrons. The molecule has 0 saturated carbocycles. The molecule has 0 fully saturated rings. The molecule has 0 aromatic heterocycles. The minimum atomic E-state index is -3.24. The van der Waals surface area contributed by atoms with Gasteiger partial charge in [-0.2, -0.15) is 4.39 Å². The average Bonchev–Trinajstić information content (AvgIpc) is 2.18. The van der Waals surface area contributed by atoms with Crippen molar-refractivity contribution in [1.29, 1.82) is 0 Å². The SMILES string of the molecule is O=C(F)c1ccccc1NC(F)C(F)F. The zero-order chi connectivity index (χ0) is 11.4. The van der Waals surface area contributed by atoms with Crippen LogP contribution in [0.4, 0.5) is 23.2 Å². The minimum absolute atomic E-state index is 0.294. The Bertz CT molecular complexity index is 356. The molecule has 0 amide bonds. The molecule has 0 aliphatic carbocycles. The molecule has 0 bridgehead atoms. The van der Waals surface area contributed by atoms with E-state index in [1.54, 1.807) is 5.32 Å². The fourth-order valence-electron chi connectivity index (χ4n) is 0.992. The van der Waals surface area contributed by atoms with Crippen molar-refractivity contribution in [2.45, 2.75) is 12.7 Å². The summed E-state index contributed by atoms with van der Waals surface area (Å²) in [7, 11) is 0. The number of rotatable bonds is 4. The van der Waals surface area contributed by atoms with E-state index in [1.807, 2.05) is 0 Å². The summed E-state index contributed by atoms with van der Waals surface area (Å²) in [5.41, 5.74) is -0.765. The molecule has 0 heterocycles. The molecule has 15 heavy (non-hydrogen) atoms. The van der Waals surface area contributed by atoms with E-state index in [0.29, 0.717) is 0 Å². The maximum absolute atomic E-state index is 12.6. The first-order chi connectivity index (χ1) is 7.02. The lowest BCUT2D eigenvalue weighted by Gasteiger charge is -2.12. The number of alkyl halides is 3. The van der Waals surface area contributed by atoms with Gasteiger partial charge in [0.1, 0.15) is 0 Å². The molecule has 1 aromatic rings. The maximum Gasteiger partial charge on any atom is 0.334 e. The first kappa shape index (κ1) is 11.5. The van der Waals surface area contributed by atoms with Gasteiger partial charge in [0.25, 0.3) is 6.43 Å². The summed E-state index contributed by atoms with van der Waals surface area (Å²) >= 11 is 0. The molecular formula is C9H7F4NO. The number of carbonyl (C=O) groups is 1. The Labute approximate surface area is 82.9 Å². The molecule has 0 aliphatic heterocycles. The van der Waals surface area contributed by atoms with Gasteiger partial charge in [-0.1, -0.05) is 12.1 Å². The van der Waals surface area contributed by atoms with Crippen molar-refractivity contribution in [1.82, 2.24) is 0 Å². The van der Waals surface area contributed by atoms with Crippen LogP contribution in [-0.4, -0.2) is 18.8 Å². The predicted octanol–water partition coefficient (Wildman–Crippen LogP) is 2.77. The van der Waals surface area contributed by atoms with E-state index in [0.717, 1.165) is 12.1 Å². The maximum atomic E-state index is 12.6. The van der Waals surface area contributed by atoms with E-state index in [2.05, 4.69) is 0 Å². The normalized spacial score (nSPS) is 12.6. The predicted molar refractivity (Wildman–Crippen MR) is 46.4 cm³/mol. The van der Waals surface area contributed by atoms with Crippen LogP contribution >= 0.6 is 0 Å². The Balaban J connectivity index is 2.89. The fraction of sp³-hybridized carbons (Fsp3) is 0.222. The highest BCUT2D eigenvalue weighted by Gasteiger charge is 2.20. The molecule has 1 atom stereocenters. The Hall–Kier alpha value is -1.59. The number of anilines is 1. The topological polar surface area (TPSA) is 29.1 Å². The average molecular weight is 221 g/mol. The van der Waals surface area contributed by atoms with Crippen molar-refractivity contribution in [2.24, 2.45) is 0 Å². The first-order valence-electron chi connectivity index (χ1n) is 4.00. The second-order valence-corrected chi connectivity index (χ2v) is 2.70. The van der Waals surface area contributed by atoms with Crippen LogP contribution in [-0.2, 0) is 0 Å². The van der Waals surface area contributed by atoms with Crippen LogP contribution < -0.4 is 5.32 Å². The summed E-state index contributed by atoms with van der Waals surface area (Å²) < 4.78 is 48.6. The second-order valence-electron chi connectivity index (χ2n) is 2.70. The lowest BCUT2D eigenvalue weighted by Crippen LogP contribution is -2.23. The van der Waals surface area contributed by atoms with Gasteiger partial charge < -0.3 is 5.32 Å². The standard InChI is InChI=1S/C9H7F4NO/c10-7(11)8(12)14-6-4-2-1-3-5(6)9(13)15/h1-4,7-8,14H. The Morgan fingerprint density at radius 2 is 1.80 bits per heavy atom. The smallest absolute Gasteiger partial charge is 0.334 e. The number of nitrogens with one attached hydrogen (secondary N) is 1. The van der Waals surface area contributed by atoms with Gasteiger partial charge in [-0.3, -0.25) is 4.79 Å². The van der Waals surface area contributed by atoms with E-state index in [4.69, 9.17) is 0 Å². The monoisotopic (exact) mass is 221 g/mol. The number of hydrogen-bond donors (Lipinski definition) is 1. The van der Waals surface area contributed by atoms with Gasteiger partial charge in [-0.15, -0.1) is 0 Å². The summed E-state index contributed by atoms with van der Waals surface area (Å²) in [4.78, 5) is 10.4. The molecule has 1 N–H and O–H groups in total. The Morgan fingerprint density at radius 1 is 1.20 bits per heavy atom. The number of benzene rings is 1. The third kappa shape index (κ3) is 2.93. The third-order valence-electron chi connectivity index (χ3n) is 1.65. The van der Waals surface area contributed by atoms with E-state index in [-0.39, 0.29) is 5.69 Å². The van der Waals surface area contributed by atoms with Crippen LogP contribution in [0.5, 0.6) is 0 Å². The number of carbonyl (C=O) groups excluding carboxylic acids is 1. The molecular weight excluding hydrogens is 214 g/mol. The Morgan fingerprint density at radius 3 is 2.33 bits per heavy atom. The largest absolute Gasteiger partial charge is 0.351 e. The van der Waals surface area contributed by atoms with E-state index in [9.17, 15) is 22.4 Å². The number of hydrogen-bond acceptors (Lipinski definition) is 2. The van der Waals surface area contributed by atoms with Gasteiger partial charge in [-0.05, 0) is 12.1 Å². The highest BCUT2D eigenvalue weighted by Crippen LogP contribution is 2.19. The summed E-state index contributed by atoms with van der Waals surface area (Å²) in [6, 6.07) is 3.12. The van der Waals surface area contributed by atoms with Crippen LogP contribution in [0.15, 0.2) is 24.3 Å². The summed E-state index contributed by atoms with van der Waals surface area (Å²) in [5, 5.41) is 1.71. The minimum Gasteiger partial charge on any atom is -0.351 e. The molecule has 6 heteroatoms. The van der Waals surface area contributed by atoms with Crippen molar-refractivity contribution in [3.05, 3.63) is 29.8 Å². The lowest BCUT2D eigenvalue weighted by atomic mass is 10.2. The van der Waals surface area contributed by atoms with Gasteiger partial charge in [0.05, 0.1) is 11.3 Å². The molecule has 82 valence electrons. The molecule has 1 unspecified atom stereocenters. The van der Waals surface area contributed by atoms with Crippen LogP contribution in [0.25, 0.3) is 0 Å². The second kappa shape index (κ2) is 4.77. The summed E-state index contributed by atoms with van der Waals surface area (Å²) in [6.45, 7) is 0. The number of para-hydroxylation sites is 1. The van der Waals surface area contributed by atoms with Crippen LogP contribution in [0, 0.1) is 0 Å². The lowest BCUT2D eigenvalue weighted by molar-refractivity contribution is 0.0648. The van der Waals surface area contributed by atoms with Crippen molar-refractivity contribution in [3.63, 3.8) is 0 Å². The zero-order valence-corrected chi connectivity index (χ0v) is 7.38. The quantitative estimate of drug-likeness (QED) is 0.481. The van der Waals surface area contributed by atoms with Crippen LogP contribution in [0.1, 0.15) is 10.4 Å². The highest BCUT2D eigenvalue weighted by molar-refractivity contribution is 5.94. The molecule has 1 aromatic carbocycles. The molecule has 0 spiro atoms. The number of halogens is 4. The van der Waals surface area contributed by atoms with E-state index < -0.39 is 24.3 Å². The van der Waals surface area contributed by atoms with Crippen molar-refractivity contribution < 1.29 is 22.4 Å². The van der Waals surface area contributed by atoms with Crippen LogP contribution in [0.2, 0.25) is 0 Å². The molecule has 1 rings (SSSR count). The van der Waals surface area contributed by atoms with Gasteiger partial charge in [0, 0.05) is 0 Å². The van der Waals surface area contributed by atoms with Crippen molar-refractivity contribution in [3.8, 4) is 0 Å². The van der Waals surface area contributed by atoms with E-state index >= 15 is 0 Å². The fourth-order valence-corrected chi connectivity index (χ4v) is 0.992. The summed E-state index contributed by atoms with van der Waals surface area (Å²) in [6.07, 6.45) is -5.88. The Kier molecular flexibility index (Phi) is 3.65. The van der Waals surface area contributed by atoms with Gasteiger partial charge in [0.15, 0.2) is 0 Å². The molecule has 0 saturated heterocycles. The van der Waals surface area contributed by atoms with Gasteiger partial charge in [-0.25, -0.2) is 13.2 Å². The van der Waals surface area contributed by atoms with Gasteiger partial charge in [0.2, 0.25) is 6.30 Å². The summed E-state index contributed by atoms with van der Waals surface area (Å²) in [5.74, 6) is 0. The molecule has 0 aliphatic rings. The van der Waals surface area contributed by atoms with E-state index in [1.165, 1.54) is 12.1 Å². The zero-order valence-electron chi connectivity index (χ0n) is 7.38. The third-order valence-corrected chi connectivity index (χ3v) is 1.65. The van der Waals surface area contributed by atoms with Crippen molar-refractivity contribution in [2.75, 3.05) is 5.32 Å². The van der Waals surface area contributed by atoms with Crippen LogP contribution in [0.3, 0.4) is 0 Å². The molecule has 2 nitrogen and oxygen atoms in total. The van der Waals surface area contributed by atoms with Crippen molar-refractivity contribution >= 4 is 11.7 Å². The highest BCUT2D eigenvalue weighted by atomic mass is 19.3.